The van der Waals surface area contributed by atoms with E-state index >= 15 is 0 Å². The molecule has 0 amide bonds. The van der Waals surface area contributed by atoms with Gasteiger partial charge in [-0.25, -0.2) is 9.78 Å². The Hall–Kier alpha value is -2.71. The Morgan fingerprint density at radius 1 is 1.15 bits per heavy atom. The fourth-order valence-electron chi connectivity index (χ4n) is 3.30. The number of aliphatic hydroxyl groups excluding tert-OH is 1. The summed E-state index contributed by atoms with van der Waals surface area (Å²) in [6.45, 7) is 3.26. The number of benzene rings is 1. The van der Waals surface area contributed by atoms with Gasteiger partial charge in [0.15, 0.2) is 11.2 Å². The van der Waals surface area contributed by atoms with Crippen LogP contribution >= 0.6 is 0 Å². The van der Waals surface area contributed by atoms with Gasteiger partial charge in [0.25, 0.3) is 5.56 Å². The maximum atomic E-state index is 12.5. The number of aromatic nitrogens is 4. The lowest BCUT2D eigenvalue weighted by molar-refractivity contribution is -0.909. The number of likely N-dealkylation sites (N-methyl/N-ethyl adjacent to an activating group) is 1. The van der Waals surface area contributed by atoms with Crippen LogP contribution in [0.1, 0.15) is 18.6 Å². The van der Waals surface area contributed by atoms with Crippen LogP contribution in [0, 0.1) is 0 Å². The first-order valence-electron chi connectivity index (χ1n) is 8.99. The number of fused-ring (bicyclic) bond motifs is 1. The van der Waals surface area contributed by atoms with Gasteiger partial charge in [0, 0.05) is 14.1 Å². The minimum Gasteiger partial charge on any atom is -0.382 e. The van der Waals surface area contributed by atoms with Gasteiger partial charge in [0.2, 0.25) is 0 Å². The van der Waals surface area contributed by atoms with Crippen LogP contribution in [0.15, 0.2) is 46.2 Å². The lowest BCUT2D eigenvalue weighted by Gasteiger charge is -2.26. The number of aliphatic hydroxyl groups is 1. The zero-order chi connectivity index (χ0) is 19.7. The molecule has 0 aliphatic heterocycles. The molecular formula is C19H26N5O3+. The molecule has 0 radical (unpaired) electrons. The molecule has 3 rings (SSSR count). The summed E-state index contributed by atoms with van der Waals surface area (Å²) in [6.07, 6.45) is 1.02. The topological polar surface area (TPSA) is 86.5 Å². The number of nitrogens with zero attached hydrogens (tertiary/aromatic N) is 4. The van der Waals surface area contributed by atoms with Crippen molar-refractivity contribution in [1.82, 2.24) is 18.7 Å². The van der Waals surface area contributed by atoms with Gasteiger partial charge in [-0.1, -0.05) is 30.3 Å². The van der Waals surface area contributed by atoms with Crippen molar-refractivity contribution in [3.8, 4) is 0 Å². The molecule has 8 nitrogen and oxygen atoms in total. The highest BCUT2D eigenvalue weighted by atomic mass is 16.3. The molecule has 0 spiro atoms. The van der Waals surface area contributed by atoms with Crippen molar-refractivity contribution in [3.63, 3.8) is 0 Å². The quantitative estimate of drug-likeness (QED) is 0.585. The minimum atomic E-state index is -0.570. The third-order valence-corrected chi connectivity index (χ3v) is 5.36. The van der Waals surface area contributed by atoms with Crippen molar-refractivity contribution in [2.45, 2.75) is 25.6 Å². The molecule has 2 aromatic heterocycles. The van der Waals surface area contributed by atoms with Crippen molar-refractivity contribution >= 4 is 11.2 Å². The van der Waals surface area contributed by atoms with E-state index in [1.54, 1.807) is 17.9 Å². The van der Waals surface area contributed by atoms with Gasteiger partial charge >= 0.3 is 5.69 Å². The predicted octanol–water partition coefficient (Wildman–Crippen LogP) is -0.929. The molecule has 8 heteroatoms. The summed E-state index contributed by atoms with van der Waals surface area (Å²) < 4.78 is 4.26. The first kappa shape index (κ1) is 19.1. The summed E-state index contributed by atoms with van der Waals surface area (Å²) in [5, 5.41) is 10.6. The Kier molecular flexibility index (Phi) is 5.29. The number of quaternary nitrogens is 1. The molecule has 0 bridgehead atoms. The van der Waals surface area contributed by atoms with Crippen molar-refractivity contribution in [2.75, 3.05) is 13.6 Å². The monoisotopic (exact) mass is 372 g/mol. The smallest absolute Gasteiger partial charge is 0.332 e. The van der Waals surface area contributed by atoms with E-state index in [1.165, 1.54) is 11.6 Å². The molecule has 0 saturated carbocycles. The van der Waals surface area contributed by atoms with E-state index in [0.717, 1.165) is 15.0 Å². The number of aryl methyl sites for hydroxylation is 1. The van der Waals surface area contributed by atoms with Crippen LogP contribution in [-0.4, -0.2) is 43.4 Å². The zero-order valence-electron chi connectivity index (χ0n) is 16.1. The van der Waals surface area contributed by atoms with E-state index in [9.17, 15) is 14.7 Å². The summed E-state index contributed by atoms with van der Waals surface area (Å²) in [4.78, 5) is 29.9. The van der Waals surface area contributed by atoms with Gasteiger partial charge in [-0.3, -0.25) is 13.9 Å². The van der Waals surface area contributed by atoms with Gasteiger partial charge in [-0.05, 0) is 12.5 Å². The average Bonchev–Trinajstić information content (AvgIpc) is 3.12. The normalized spacial score (nSPS) is 15.0. The van der Waals surface area contributed by atoms with Crippen molar-refractivity contribution in [2.24, 2.45) is 14.1 Å². The van der Waals surface area contributed by atoms with Crippen LogP contribution in [-0.2, 0) is 20.6 Å². The van der Waals surface area contributed by atoms with Crippen molar-refractivity contribution in [1.29, 1.82) is 0 Å². The number of nitrogens with one attached hydrogen (secondary N) is 1. The van der Waals surface area contributed by atoms with Crippen molar-refractivity contribution < 1.29 is 10.0 Å². The molecule has 27 heavy (non-hydrogen) atoms. The minimum absolute atomic E-state index is 0.0191. The van der Waals surface area contributed by atoms with E-state index in [-0.39, 0.29) is 17.3 Å². The Labute approximate surface area is 156 Å². The number of imidazole rings is 1. The maximum Gasteiger partial charge on any atom is 0.332 e. The van der Waals surface area contributed by atoms with Crippen LogP contribution in [0.25, 0.3) is 11.2 Å². The van der Waals surface area contributed by atoms with Crippen LogP contribution in [0.3, 0.4) is 0 Å². The fourth-order valence-corrected chi connectivity index (χ4v) is 3.30. The fraction of sp³-hybridized carbons (Fsp3) is 0.421. The summed E-state index contributed by atoms with van der Waals surface area (Å²) in [5.41, 5.74) is 0.962. The standard InChI is InChI=1S/C19H25N5O3/c1-13(16(25)14-8-6-5-7-9-14)21(2)10-11-24-12-20-17-15(24)18(26)23(4)19(27)22(17)3/h5-9,12-13,16,25H,10-11H2,1-4H3/p+1/t13-,16+/m1/s1. The first-order chi connectivity index (χ1) is 12.8. The Balaban J connectivity index is 1.79. The summed E-state index contributed by atoms with van der Waals surface area (Å²) >= 11 is 0. The number of rotatable bonds is 6. The second kappa shape index (κ2) is 7.50. The van der Waals surface area contributed by atoms with E-state index < -0.39 is 6.10 Å². The third kappa shape index (κ3) is 3.45. The molecular weight excluding hydrogens is 346 g/mol. The van der Waals surface area contributed by atoms with E-state index in [1.807, 2.05) is 44.3 Å². The lowest BCUT2D eigenvalue weighted by Crippen LogP contribution is -3.13. The van der Waals surface area contributed by atoms with Crippen LogP contribution in [0.2, 0.25) is 0 Å². The molecule has 144 valence electrons. The van der Waals surface area contributed by atoms with Gasteiger partial charge in [0.05, 0.1) is 26.5 Å². The molecule has 0 saturated heterocycles. The molecule has 2 heterocycles. The summed E-state index contributed by atoms with van der Waals surface area (Å²) in [6, 6.07) is 9.57. The highest BCUT2D eigenvalue weighted by Gasteiger charge is 2.24. The van der Waals surface area contributed by atoms with Gasteiger partial charge in [-0.2, -0.15) is 0 Å². The van der Waals surface area contributed by atoms with Crippen LogP contribution in [0.4, 0.5) is 0 Å². The second-order valence-electron chi connectivity index (χ2n) is 7.06. The first-order valence-corrected chi connectivity index (χ1v) is 8.99. The van der Waals surface area contributed by atoms with E-state index in [2.05, 4.69) is 4.98 Å². The molecule has 0 fully saturated rings. The second-order valence-corrected chi connectivity index (χ2v) is 7.06. The van der Waals surface area contributed by atoms with E-state index in [4.69, 9.17) is 0 Å². The highest BCUT2D eigenvalue weighted by molar-refractivity contribution is 5.69. The Morgan fingerprint density at radius 2 is 1.81 bits per heavy atom. The van der Waals surface area contributed by atoms with Gasteiger partial charge < -0.3 is 14.6 Å². The Morgan fingerprint density at radius 3 is 2.48 bits per heavy atom. The molecule has 3 atom stereocenters. The Bertz CT molecular complexity index is 1050. The zero-order valence-corrected chi connectivity index (χ0v) is 16.1. The average molecular weight is 372 g/mol. The van der Waals surface area contributed by atoms with Gasteiger partial charge in [0.1, 0.15) is 12.1 Å². The molecule has 2 N–H and O–H groups in total. The third-order valence-electron chi connectivity index (χ3n) is 5.36. The lowest BCUT2D eigenvalue weighted by atomic mass is 10.0. The van der Waals surface area contributed by atoms with Gasteiger partial charge in [-0.15, -0.1) is 0 Å². The largest absolute Gasteiger partial charge is 0.382 e. The SMILES string of the molecule is C[C@H]([C@H](O)c1ccccc1)[NH+](C)CCn1cnc2c1c(=O)n(C)c(=O)n2C. The molecule has 0 aliphatic carbocycles. The highest BCUT2D eigenvalue weighted by Crippen LogP contribution is 2.14. The summed E-state index contributed by atoms with van der Waals surface area (Å²) in [7, 11) is 5.10. The summed E-state index contributed by atoms with van der Waals surface area (Å²) in [5.74, 6) is 0. The number of hydrogen-bond donors (Lipinski definition) is 2. The van der Waals surface area contributed by atoms with Crippen LogP contribution in [0.5, 0.6) is 0 Å². The molecule has 1 aromatic carbocycles. The maximum absolute atomic E-state index is 12.5. The molecule has 1 unspecified atom stereocenters. The number of hydrogen-bond acceptors (Lipinski definition) is 4. The predicted molar refractivity (Wildman–Crippen MR) is 103 cm³/mol. The van der Waals surface area contributed by atoms with E-state index in [0.29, 0.717) is 24.3 Å². The molecule has 3 aromatic rings. The van der Waals surface area contributed by atoms with Crippen molar-refractivity contribution in [3.05, 3.63) is 63.1 Å². The van der Waals surface area contributed by atoms with Crippen LogP contribution < -0.4 is 16.1 Å². The molecule has 0 aliphatic rings.